The topological polar surface area (TPSA) is 55.7 Å². The van der Waals surface area contributed by atoms with Crippen LogP contribution in [0.25, 0.3) is 0 Å². The summed E-state index contributed by atoms with van der Waals surface area (Å²) in [6.45, 7) is 4.30. The Labute approximate surface area is 169 Å². The zero-order valence-corrected chi connectivity index (χ0v) is 17.2. The minimum Gasteiger partial charge on any atom is -0.464 e. The molecule has 1 aliphatic carbocycles. The Morgan fingerprint density at radius 1 is 1.30 bits per heavy atom. The first kappa shape index (κ1) is 20.2. The zero-order chi connectivity index (χ0) is 19.4. The molecule has 27 heavy (non-hydrogen) atoms. The van der Waals surface area contributed by atoms with Gasteiger partial charge in [0.15, 0.2) is 5.78 Å². The van der Waals surface area contributed by atoms with Gasteiger partial charge in [-0.25, -0.2) is 0 Å². The Hall–Kier alpha value is -1.59. The maximum Gasteiger partial charge on any atom is 0.315 e. The highest BCUT2D eigenvalue weighted by Crippen LogP contribution is 2.43. The van der Waals surface area contributed by atoms with Crippen LogP contribution in [-0.2, 0) is 14.3 Å². The fourth-order valence-corrected chi connectivity index (χ4v) is 4.39. The van der Waals surface area contributed by atoms with Gasteiger partial charge in [-0.2, -0.15) is 11.8 Å². The van der Waals surface area contributed by atoms with Crippen LogP contribution in [0.15, 0.2) is 40.5 Å². The maximum atomic E-state index is 12.9. The normalized spacial score (nSPS) is 22.3. The van der Waals surface area contributed by atoms with Gasteiger partial charge in [-0.05, 0) is 43.2 Å². The molecule has 2 aliphatic rings. The number of thioether (sulfide) groups is 1. The number of ketones is 1. The van der Waals surface area contributed by atoms with Gasteiger partial charge in [0.2, 0.25) is 0 Å². The van der Waals surface area contributed by atoms with Crippen LogP contribution in [0.3, 0.4) is 0 Å². The van der Waals surface area contributed by atoms with Gasteiger partial charge >= 0.3 is 5.97 Å². The van der Waals surface area contributed by atoms with Crippen LogP contribution in [0.4, 0.5) is 0 Å². The molecule has 6 heteroatoms. The van der Waals surface area contributed by atoms with E-state index in [1.807, 2.05) is 19.1 Å². The number of hydrogen-bond donors (Lipinski definition) is 0. The molecule has 1 aliphatic heterocycles. The third-order valence-corrected chi connectivity index (χ3v) is 6.11. The number of carbonyl (C=O) groups is 2. The SMILES string of the molecule is CCSCCOC(=O)C1C(C)=NC2=C(C(=O)CCC2)[C@@H]1c1ccc(Cl)cc1. The summed E-state index contributed by atoms with van der Waals surface area (Å²) >= 11 is 7.78. The molecule has 0 amide bonds. The van der Waals surface area contributed by atoms with Crippen molar-refractivity contribution in [2.75, 3.05) is 18.1 Å². The van der Waals surface area contributed by atoms with Gasteiger partial charge < -0.3 is 4.74 Å². The number of ether oxygens (including phenoxy) is 1. The first-order valence-corrected chi connectivity index (χ1v) is 10.9. The highest BCUT2D eigenvalue weighted by molar-refractivity contribution is 7.99. The molecule has 0 fully saturated rings. The largest absolute Gasteiger partial charge is 0.464 e. The smallest absolute Gasteiger partial charge is 0.315 e. The number of esters is 1. The van der Waals surface area contributed by atoms with E-state index in [2.05, 4.69) is 11.9 Å². The van der Waals surface area contributed by atoms with E-state index in [1.54, 1.807) is 23.9 Å². The van der Waals surface area contributed by atoms with Crippen molar-refractivity contribution >= 4 is 40.8 Å². The summed E-state index contributed by atoms with van der Waals surface area (Å²) in [5.74, 6) is 0.612. The van der Waals surface area contributed by atoms with E-state index in [4.69, 9.17) is 16.3 Å². The molecular formula is C21H24ClNO3S. The van der Waals surface area contributed by atoms with Crippen LogP contribution >= 0.6 is 23.4 Å². The second kappa shape index (κ2) is 9.07. The van der Waals surface area contributed by atoms with Crippen LogP contribution in [0, 0.1) is 5.92 Å². The molecule has 2 atom stereocenters. The number of carbonyl (C=O) groups excluding carboxylic acids is 2. The summed E-state index contributed by atoms with van der Waals surface area (Å²) < 4.78 is 5.54. The molecule has 0 spiro atoms. The van der Waals surface area contributed by atoms with Crippen molar-refractivity contribution in [1.29, 1.82) is 0 Å². The number of Topliss-reactive ketones (excluding diaryl/α,β-unsaturated/α-hetero) is 1. The van der Waals surface area contributed by atoms with Crippen LogP contribution < -0.4 is 0 Å². The van der Waals surface area contributed by atoms with Crippen molar-refractivity contribution in [3.63, 3.8) is 0 Å². The second-order valence-corrected chi connectivity index (χ2v) is 8.59. The molecule has 3 rings (SSSR count). The van der Waals surface area contributed by atoms with Crippen LogP contribution in [0.2, 0.25) is 5.02 Å². The number of halogens is 1. The molecule has 1 heterocycles. The minimum atomic E-state index is -0.571. The van der Waals surface area contributed by atoms with Crippen molar-refractivity contribution in [1.82, 2.24) is 0 Å². The Kier molecular flexibility index (Phi) is 6.77. The first-order valence-electron chi connectivity index (χ1n) is 9.34. The van der Waals surface area contributed by atoms with Gasteiger partial charge in [0.25, 0.3) is 0 Å². The predicted octanol–water partition coefficient (Wildman–Crippen LogP) is 4.82. The molecule has 0 N–H and O–H groups in total. The van der Waals surface area contributed by atoms with Crippen molar-refractivity contribution in [2.24, 2.45) is 10.9 Å². The van der Waals surface area contributed by atoms with E-state index in [0.29, 0.717) is 23.6 Å². The van der Waals surface area contributed by atoms with E-state index >= 15 is 0 Å². The van der Waals surface area contributed by atoms with Crippen molar-refractivity contribution in [3.05, 3.63) is 46.1 Å². The molecular weight excluding hydrogens is 382 g/mol. The third-order valence-electron chi connectivity index (χ3n) is 4.99. The lowest BCUT2D eigenvalue weighted by atomic mass is 9.72. The summed E-state index contributed by atoms with van der Waals surface area (Å²) in [4.78, 5) is 30.3. The first-order chi connectivity index (χ1) is 13.0. The number of aliphatic imine (C=N–C) groups is 1. The number of benzene rings is 1. The van der Waals surface area contributed by atoms with Crippen LogP contribution in [-0.4, -0.2) is 35.6 Å². The molecule has 0 saturated heterocycles. The van der Waals surface area contributed by atoms with Crippen LogP contribution in [0.1, 0.15) is 44.6 Å². The zero-order valence-electron chi connectivity index (χ0n) is 15.7. The fraction of sp³-hybridized carbons (Fsp3) is 0.476. The van der Waals surface area contributed by atoms with Gasteiger partial charge in [0.05, 0.1) is 0 Å². The van der Waals surface area contributed by atoms with E-state index in [-0.39, 0.29) is 17.7 Å². The van der Waals surface area contributed by atoms with E-state index in [9.17, 15) is 9.59 Å². The average Bonchev–Trinajstić information content (AvgIpc) is 2.65. The van der Waals surface area contributed by atoms with Gasteiger partial charge in [-0.3, -0.25) is 14.6 Å². The van der Waals surface area contributed by atoms with Gasteiger partial charge in [0, 0.05) is 40.1 Å². The van der Waals surface area contributed by atoms with E-state index < -0.39 is 5.92 Å². The number of nitrogens with zero attached hydrogens (tertiary/aromatic N) is 1. The molecule has 144 valence electrons. The van der Waals surface area contributed by atoms with Gasteiger partial charge in [-0.15, -0.1) is 0 Å². The summed E-state index contributed by atoms with van der Waals surface area (Å²) in [5, 5.41) is 0.625. The Bertz CT molecular complexity index is 785. The number of rotatable bonds is 6. The fourth-order valence-electron chi connectivity index (χ4n) is 3.78. The predicted molar refractivity (Wildman–Crippen MR) is 111 cm³/mol. The standard InChI is InChI=1S/C21H24ClNO3S/c1-3-27-12-11-26-21(25)18-13(2)23-16-5-4-6-17(24)20(16)19(18)14-7-9-15(22)10-8-14/h7-10,18-19H,3-6,11-12H2,1-2H3/t18?,19-/m1/s1. The lowest BCUT2D eigenvalue weighted by Gasteiger charge is -2.34. The quantitative estimate of drug-likeness (QED) is 0.503. The monoisotopic (exact) mass is 405 g/mol. The van der Waals surface area contributed by atoms with Crippen molar-refractivity contribution in [3.8, 4) is 0 Å². The lowest BCUT2D eigenvalue weighted by molar-refractivity contribution is -0.145. The molecule has 4 nitrogen and oxygen atoms in total. The number of hydrogen-bond acceptors (Lipinski definition) is 5. The summed E-state index contributed by atoms with van der Waals surface area (Å²) in [7, 11) is 0. The lowest BCUT2D eigenvalue weighted by Crippen LogP contribution is -2.37. The molecule has 0 saturated carbocycles. The Morgan fingerprint density at radius 2 is 2.04 bits per heavy atom. The van der Waals surface area contributed by atoms with Crippen molar-refractivity contribution < 1.29 is 14.3 Å². The Morgan fingerprint density at radius 3 is 2.74 bits per heavy atom. The third kappa shape index (κ3) is 4.46. The van der Waals surface area contributed by atoms with E-state index in [0.717, 1.165) is 41.3 Å². The summed E-state index contributed by atoms with van der Waals surface area (Å²) in [6.07, 6.45) is 2.09. The molecule has 0 aromatic heterocycles. The molecule has 1 unspecified atom stereocenters. The number of allylic oxidation sites excluding steroid dienone is 2. The molecule has 1 aromatic carbocycles. The highest BCUT2D eigenvalue weighted by Gasteiger charge is 2.43. The van der Waals surface area contributed by atoms with Gasteiger partial charge in [-0.1, -0.05) is 30.7 Å². The highest BCUT2D eigenvalue weighted by atomic mass is 35.5. The molecule has 0 bridgehead atoms. The Balaban J connectivity index is 1.96. The summed E-state index contributed by atoms with van der Waals surface area (Å²) in [6, 6.07) is 7.38. The second-order valence-electron chi connectivity index (χ2n) is 6.76. The molecule has 1 aromatic rings. The maximum absolute atomic E-state index is 12.9. The minimum absolute atomic E-state index is 0.0896. The van der Waals surface area contributed by atoms with E-state index in [1.165, 1.54) is 0 Å². The van der Waals surface area contributed by atoms with Crippen LogP contribution in [0.5, 0.6) is 0 Å². The summed E-state index contributed by atoms with van der Waals surface area (Å²) in [5.41, 5.74) is 3.13. The average molecular weight is 406 g/mol. The van der Waals surface area contributed by atoms with Crippen molar-refractivity contribution in [2.45, 2.75) is 39.0 Å². The van der Waals surface area contributed by atoms with Gasteiger partial charge in [0.1, 0.15) is 12.5 Å². The molecule has 0 radical (unpaired) electrons.